The van der Waals surface area contributed by atoms with Crippen molar-refractivity contribution in [2.45, 2.75) is 39.3 Å². The van der Waals surface area contributed by atoms with Crippen molar-refractivity contribution >= 4 is 17.5 Å². The average molecular weight is 372 g/mol. The van der Waals surface area contributed by atoms with Crippen LogP contribution in [0, 0.1) is 0 Å². The lowest BCUT2D eigenvalue weighted by Crippen LogP contribution is -2.43. The summed E-state index contributed by atoms with van der Waals surface area (Å²) in [5, 5.41) is 9.87. The Bertz CT molecular complexity index is 559. The Hall–Kier alpha value is -1.50. The van der Waals surface area contributed by atoms with E-state index in [1.54, 1.807) is 13.2 Å². The van der Waals surface area contributed by atoms with Crippen LogP contribution in [-0.4, -0.2) is 45.3 Å². The summed E-state index contributed by atoms with van der Waals surface area (Å²) in [7, 11) is 3.50. The first-order chi connectivity index (χ1) is 11.8. The van der Waals surface area contributed by atoms with E-state index in [-0.39, 0.29) is 18.1 Å². The van der Waals surface area contributed by atoms with Crippen molar-refractivity contribution in [3.63, 3.8) is 0 Å². The van der Waals surface area contributed by atoms with Crippen molar-refractivity contribution in [3.05, 3.63) is 22.7 Å². The molecule has 1 rings (SSSR count). The van der Waals surface area contributed by atoms with Crippen LogP contribution in [0.2, 0.25) is 5.02 Å². The first kappa shape index (κ1) is 21.5. The summed E-state index contributed by atoms with van der Waals surface area (Å²) in [5.74, 6) is 0.816. The zero-order chi connectivity index (χ0) is 18.9. The average Bonchev–Trinajstić information content (AvgIpc) is 2.52. The van der Waals surface area contributed by atoms with Crippen LogP contribution >= 0.6 is 11.6 Å². The normalized spacial score (nSPS) is 11.3. The highest BCUT2D eigenvalue weighted by Gasteiger charge is 2.16. The van der Waals surface area contributed by atoms with Crippen LogP contribution in [-0.2, 0) is 11.3 Å². The summed E-state index contributed by atoms with van der Waals surface area (Å²) in [6.45, 7) is 8.16. The summed E-state index contributed by atoms with van der Waals surface area (Å²) < 4.78 is 10.9. The van der Waals surface area contributed by atoms with E-state index in [0.29, 0.717) is 23.1 Å². The Kier molecular flexibility index (Phi) is 9.03. The Morgan fingerprint density at radius 3 is 2.52 bits per heavy atom. The van der Waals surface area contributed by atoms with E-state index in [9.17, 15) is 4.79 Å². The molecule has 0 aliphatic heterocycles. The molecule has 0 atom stereocenters. The third kappa shape index (κ3) is 8.43. The molecule has 0 saturated heterocycles. The number of nitrogens with one attached hydrogen (secondary N) is 3. The highest BCUT2D eigenvalue weighted by Crippen LogP contribution is 2.33. The highest BCUT2D eigenvalue weighted by atomic mass is 35.5. The maximum atomic E-state index is 11.9. The highest BCUT2D eigenvalue weighted by molar-refractivity contribution is 6.31. The van der Waals surface area contributed by atoms with Gasteiger partial charge in [-0.3, -0.25) is 4.79 Å². The first-order valence-corrected chi connectivity index (χ1v) is 8.80. The van der Waals surface area contributed by atoms with Gasteiger partial charge in [0.15, 0.2) is 18.1 Å². The molecule has 0 heterocycles. The second-order valence-corrected chi connectivity index (χ2v) is 7.22. The number of benzene rings is 1. The minimum Gasteiger partial charge on any atom is -0.493 e. The van der Waals surface area contributed by atoms with Gasteiger partial charge in [0.1, 0.15) is 0 Å². The quantitative estimate of drug-likeness (QED) is 0.551. The van der Waals surface area contributed by atoms with E-state index >= 15 is 0 Å². The first-order valence-electron chi connectivity index (χ1n) is 8.42. The molecule has 0 aromatic heterocycles. The van der Waals surface area contributed by atoms with E-state index in [0.717, 1.165) is 25.1 Å². The number of hydrogen-bond donors (Lipinski definition) is 3. The Morgan fingerprint density at radius 1 is 1.20 bits per heavy atom. The van der Waals surface area contributed by atoms with Crippen LogP contribution in [0.25, 0.3) is 0 Å². The van der Waals surface area contributed by atoms with Crippen LogP contribution in [0.15, 0.2) is 12.1 Å². The molecule has 0 saturated carbocycles. The number of amides is 1. The summed E-state index contributed by atoms with van der Waals surface area (Å²) in [6, 6.07) is 3.53. The standard InChI is InChI=1S/C18H30ClN3O3/c1-18(2,3)22-17(23)12-25-16-10-14(19)13(9-15(16)24-5)11-21-8-6-7-20-4/h9-10,20-21H,6-8,11-12H2,1-5H3,(H,22,23). The van der Waals surface area contributed by atoms with E-state index in [1.807, 2.05) is 33.9 Å². The smallest absolute Gasteiger partial charge is 0.258 e. The van der Waals surface area contributed by atoms with Crippen molar-refractivity contribution in [2.75, 3.05) is 33.9 Å². The van der Waals surface area contributed by atoms with Gasteiger partial charge in [-0.2, -0.15) is 0 Å². The summed E-state index contributed by atoms with van der Waals surface area (Å²) in [6.07, 6.45) is 1.04. The third-order valence-electron chi connectivity index (χ3n) is 3.30. The summed E-state index contributed by atoms with van der Waals surface area (Å²) >= 11 is 6.33. The number of halogens is 1. The Labute approximate surface area is 155 Å². The van der Waals surface area contributed by atoms with Crippen molar-refractivity contribution in [1.29, 1.82) is 0 Å². The molecule has 1 aromatic rings. The lowest BCUT2D eigenvalue weighted by molar-refractivity contribution is -0.124. The maximum Gasteiger partial charge on any atom is 0.258 e. The van der Waals surface area contributed by atoms with Crippen LogP contribution in [0.1, 0.15) is 32.8 Å². The molecule has 0 radical (unpaired) electrons. The van der Waals surface area contributed by atoms with Crippen LogP contribution in [0.5, 0.6) is 11.5 Å². The molecule has 6 nitrogen and oxygen atoms in total. The molecule has 1 amide bonds. The molecule has 1 aromatic carbocycles. The fraction of sp³-hybridized carbons (Fsp3) is 0.611. The van der Waals surface area contributed by atoms with E-state index in [4.69, 9.17) is 21.1 Å². The number of rotatable bonds is 10. The Balaban J connectivity index is 2.66. The van der Waals surface area contributed by atoms with Crippen LogP contribution in [0.4, 0.5) is 0 Å². The van der Waals surface area contributed by atoms with Crippen LogP contribution < -0.4 is 25.4 Å². The van der Waals surface area contributed by atoms with E-state index in [2.05, 4.69) is 16.0 Å². The second kappa shape index (κ2) is 10.5. The van der Waals surface area contributed by atoms with Gasteiger partial charge in [0.05, 0.1) is 7.11 Å². The molecular weight excluding hydrogens is 342 g/mol. The van der Waals surface area contributed by atoms with Crippen molar-refractivity contribution in [1.82, 2.24) is 16.0 Å². The molecule has 7 heteroatoms. The number of carbonyl (C=O) groups is 1. The van der Waals surface area contributed by atoms with Crippen molar-refractivity contribution in [2.24, 2.45) is 0 Å². The Morgan fingerprint density at radius 2 is 1.92 bits per heavy atom. The van der Waals surface area contributed by atoms with Gasteiger partial charge >= 0.3 is 0 Å². The predicted molar refractivity (Wildman–Crippen MR) is 102 cm³/mol. The minimum atomic E-state index is -0.301. The monoisotopic (exact) mass is 371 g/mol. The third-order valence-corrected chi connectivity index (χ3v) is 3.65. The molecule has 0 aliphatic carbocycles. The molecule has 25 heavy (non-hydrogen) atoms. The molecule has 142 valence electrons. The van der Waals surface area contributed by atoms with E-state index in [1.165, 1.54) is 0 Å². The molecular formula is C18H30ClN3O3. The van der Waals surface area contributed by atoms with Gasteiger partial charge in [-0.1, -0.05) is 11.6 Å². The molecule has 0 bridgehead atoms. The molecule has 0 spiro atoms. The number of methoxy groups -OCH3 is 1. The molecule has 0 unspecified atom stereocenters. The number of ether oxygens (including phenoxy) is 2. The minimum absolute atomic E-state index is 0.0917. The molecule has 0 aliphatic rings. The van der Waals surface area contributed by atoms with Gasteiger partial charge in [0.25, 0.3) is 5.91 Å². The zero-order valence-corrected chi connectivity index (χ0v) is 16.5. The van der Waals surface area contributed by atoms with Crippen molar-refractivity contribution in [3.8, 4) is 11.5 Å². The van der Waals surface area contributed by atoms with Crippen LogP contribution in [0.3, 0.4) is 0 Å². The fourth-order valence-corrected chi connectivity index (χ4v) is 2.42. The largest absolute Gasteiger partial charge is 0.493 e. The number of hydrogen-bond acceptors (Lipinski definition) is 5. The van der Waals surface area contributed by atoms with Gasteiger partial charge in [0, 0.05) is 23.2 Å². The van der Waals surface area contributed by atoms with Gasteiger partial charge in [-0.25, -0.2) is 0 Å². The van der Waals surface area contributed by atoms with Gasteiger partial charge in [0.2, 0.25) is 0 Å². The summed E-state index contributed by atoms with van der Waals surface area (Å²) in [4.78, 5) is 11.9. The lowest BCUT2D eigenvalue weighted by Gasteiger charge is -2.21. The molecule has 0 fully saturated rings. The predicted octanol–water partition coefficient (Wildman–Crippen LogP) is 2.34. The van der Waals surface area contributed by atoms with Gasteiger partial charge < -0.3 is 25.4 Å². The fourth-order valence-electron chi connectivity index (χ4n) is 2.20. The zero-order valence-electron chi connectivity index (χ0n) is 15.8. The second-order valence-electron chi connectivity index (χ2n) is 6.82. The maximum absolute atomic E-state index is 11.9. The van der Waals surface area contributed by atoms with E-state index < -0.39 is 0 Å². The van der Waals surface area contributed by atoms with Crippen molar-refractivity contribution < 1.29 is 14.3 Å². The topological polar surface area (TPSA) is 71.6 Å². The number of carbonyl (C=O) groups excluding carboxylic acids is 1. The SMILES string of the molecule is CNCCCNCc1cc(OC)c(OCC(=O)NC(C)(C)C)cc1Cl. The summed E-state index contributed by atoms with van der Waals surface area (Å²) in [5.41, 5.74) is 0.625. The lowest BCUT2D eigenvalue weighted by atomic mass is 10.1. The van der Waals surface area contributed by atoms with Gasteiger partial charge in [-0.05, 0) is 59.0 Å². The molecule has 3 N–H and O–H groups in total. The van der Waals surface area contributed by atoms with Gasteiger partial charge in [-0.15, -0.1) is 0 Å².